The van der Waals surface area contributed by atoms with Crippen molar-refractivity contribution >= 4 is 11.8 Å². The van der Waals surface area contributed by atoms with E-state index in [1.165, 1.54) is 0 Å². The van der Waals surface area contributed by atoms with E-state index in [-0.39, 0.29) is 0 Å². The van der Waals surface area contributed by atoms with E-state index in [1.807, 2.05) is 18.6 Å². The van der Waals surface area contributed by atoms with Crippen molar-refractivity contribution in [3.05, 3.63) is 18.0 Å². The Morgan fingerprint density at radius 2 is 2.06 bits per heavy atom. The van der Waals surface area contributed by atoms with E-state index in [9.17, 15) is 0 Å². The first-order valence-corrected chi connectivity index (χ1v) is 7.46. The van der Waals surface area contributed by atoms with Crippen LogP contribution >= 0.6 is 11.8 Å². The summed E-state index contributed by atoms with van der Waals surface area (Å²) in [5, 5.41) is 4.24. The molecule has 0 bridgehead atoms. The normalized spacial score (nSPS) is 16.9. The molecule has 1 saturated heterocycles. The van der Waals surface area contributed by atoms with Crippen molar-refractivity contribution in [3.8, 4) is 0 Å². The molecule has 100 valence electrons. The zero-order valence-electron chi connectivity index (χ0n) is 10.8. The van der Waals surface area contributed by atoms with Crippen LogP contribution in [0.5, 0.6) is 0 Å². The quantitative estimate of drug-likeness (QED) is 0.464. The van der Waals surface area contributed by atoms with Crippen molar-refractivity contribution < 1.29 is 4.74 Å². The molecule has 1 N–H and O–H groups in total. The maximum atomic E-state index is 5.32. The van der Waals surface area contributed by atoms with Gasteiger partial charge in [-0.2, -0.15) is 0 Å². The molecule has 0 aromatic carbocycles. The highest BCUT2D eigenvalue weighted by Gasteiger charge is 2.08. The smallest absolute Gasteiger partial charge is 0.187 e. The van der Waals surface area contributed by atoms with E-state index in [1.54, 1.807) is 11.8 Å². The fourth-order valence-electron chi connectivity index (χ4n) is 1.83. The molecule has 0 radical (unpaired) electrons. The number of ether oxygens (including phenoxy) is 1. The maximum absolute atomic E-state index is 5.32. The molecule has 2 rings (SSSR count). The zero-order chi connectivity index (χ0) is 12.6. The van der Waals surface area contributed by atoms with Gasteiger partial charge in [-0.3, -0.25) is 4.90 Å². The second kappa shape index (κ2) is 7.68. The lowest BCUT2D eigenvalue weighted by Gasteiger charge is -2.26. The second-order valence-corrected chi connectivity index (χ2v) is 4.98. The summed E-state index contributed by atoms with van der Waals surface area (Å²) in [4.78, 5) is 10.9. The Morgan fingerprint density at radius 1 is 1.33 bits per heavy atom. The number of morpholine rings is 1. The van der Waals surface area contributed by atoms with E-state index >= 15 is 0 Å². The Kier molecular flexibility index (Phi) is 5.86. The predicted octanol–water partition coefficient (Wildman–Crippen LogP) is 0.620. The highest BCUT2D eigenvalue weighted by molar-refractivity contribution is 7.98. The van der Waals surface area contributed by atoms with E-state index in [0.29, 0.717) is 0 Å². The average molecular weight is 268 g/mol. The Bertz CT molecular complexity index is 340. The molecule has 0 atom stereocenters. The lowest BCUT2D eigenvalue weighted by atomic mass is 10.3. The average Bonchev–Trinajstić information content (AvgIpc) is 2.45. The van der Waals surface area contributed by atoms with Crippen molar-refractivity contribution in [1.29, 1.82) is 0 Å². The van der Waals surface area contributed by atoms with E-state index in [4.69, 9.17) is 4.74 Å². The standard InChI is InChI=1S/C12H20N4OS/c1-18-12-14-9-11(10-15-12)8-13-2-3-16-4-6-17-7-5-16/h9-10,13H,2-8H2,1H3. The number of nitrogens with one attached hydrogen (secondary N) is 1. The van der Waals surface area contributed by atoms with Gasteiger partial charge in [0.25, 0.3) is 0 Å². The minimum atomic E-state index is 0.826. The van der Waals surface area contributed by atoms with Gasteiger partial charge in [-0.05, 0) is 6.26 Å². The van der Waals surface area contributed by atoms with E-state index < -0.39 is 0 Å². The van der Waals surface area contributed by atoms with Crippen LogP contribution in [-0.2, 0) is 11.3 Å². The summed E-state index contributed by atoms with van der Waals surface area (Å²) in [6, 6.07) is 0. The molecule has 18 heavy (non-hydrogen) atoms. The van der Waals surface area contributed by atoms with Gasteiger partial charge in [0.2, 0.25) is 0 Å². The van der Waals surface area contributed by atoms with Crippen LogP contribution in [0.2, 0.25) is 0 Å². The van der Waals surface area contributed by atoms with Gasteiger partial charge in [0.15, 0.2) is 5.16 Å². The Labute approximate surface area is 112 Å². The van der Waals surface area contributed by atoms with Gasteiger partial charge >= 0.3 is 0 Å². The van der Waals surface area contributed by atoms with Crippen LogP contribution in [0.4, 0.5) is 0 Å². The number of aromatic nitrogens is 2. The fraction of sp³-hybridized carbons (Fsp3) is 0.667. The third-order valence-corrected chi connectivity index (χ3v) is 3.48. The zero-order valence-corrected chi connectivity index (χ0v) is 11.6. The lowest BCUT2D eigenvalue weighted by molar-refractivity contribution is 0.0384. The van der Waals surface area contributed by atoms with Gasteiger partial charge in [0, 0.05) is 50.7 Å². The van der Waals surface area contributed by atoms with Crippen molar-refractivity contribution in [1.82, 2.24) is 20.2 Å². The maximum Gasteiger partial charge on any atom is 0.187 e. The van der Waals surface area contributed by atoms with E-state index in [0.717, 1.165) is 56.7 Å². The molecule has 1 aromatic rings. The number of rotatable bonds is 6. The van der Waals surface area contributed by atoms with Gasteiger partial charge in [-0.15, -0.1) is 0 Å². The summed E-state index contributed by atoms with van der Waals surface area (Å²) in [6.45, 7) is 6.73. The molecule has 6 heteroatoms. The minimum Gasteiger partial charge on any atom is -0.379 e. The van der Waals surface area contributed by atoms with Gasteiger partial charge in [-0.25, -0.2) is 9.97 Å². The van der Waals surface area contributed by atoms with Crippen molar-refractivity contribution in [2.45, 2.75) is 11.7 Å². The molecule has 1 aliphatic heterocycles. The topological polar surface area (TPSA) is 50.3 Å². The molecule has 0 aliphatic carbocycles. The second-order valence-electron chi connectivity index (χ2n) is 4.21. The summed E-state index contributed by atoms with van der Waals surface area (Å²) in [5.74, 6) is 0. The molecule has 0 unspecified atom stereocenters. The van der Waals surface area contributed by atoms with Crippen molar-refractivity contribution in [2.75, 3.05) is 45.6 Å². The third-order valence-electron chi connectivity index (χ3n) is 2.90. The molecule has 1 aromatic heterocycles. The number of nitrogens with zero attached hydrogens (tertiary/aromatic N) is 3. The molecule has 0 saturated carbocycles. The van der Waals surface area contributed by atoms with Gasteiger partial charge in [0.1, 0.15) is 0 Å². The molecule has 1 fully saturated rings. The predicted molar refractivity (Wildman–Crippen MR) is 72.8 cm³/mol. The van der Waals surface area contributed by atoms with Crippen LogP contribution in [0.25, 0.3) is 0 Å². The monoisotopic (exact) mass is 268 g/mol. The molecule has 2 heterocycles. The summed E-state index contributed by atoms with van der Waals surface area (Å²) >= 11 is 1.56. The van der Waals surface area contributed by atoms with E-state index in [2.05, 4.69) is 20.2 Å². The molecule has 0 spiro atoms. The van der Waals surface area contributed by atoms with Crippen molar-refractivity contribution in [3.63, 3.8) is 0 Å². The summed E-state index contributed by atoms with van der Waals surface area (Å²) in [5.41, 5.74) is 1.13. The number of thioether (sulfide) groups is 1. The SMILES string of the molecule is CSc1ncc(CNCCN2CCOCC2)cn1. The molecule has 0 amide bonds. The number of hydrogen-bond donors (Lipinski definition) is 1. The molecular weight excluding hydrogens is 248 g/mol. The highest BCUT2D eigenvalue weighted by Crippen LogP contribution is 2.06. The van der Waals surface area contributed by atoms with Gasteiger partial charge < -0.3 is 10.1 Å². The van der Waals surface area contributed by atoms with Crippen LogP contribution in [0.15, 0.2) is 17.6 Å². The van der Waals surface area contributed by atoms with Gasteiger partial charge in [-0.1, -0.05) is 11.8 Å². The third kappa shape index (κ3) is 4.53. The Balaban J connectivity index is 1.62. The summed E-state index contributed by atoms with van der Waals surface area (Å²) < 4.78 is 5.32. The molecular formula is C12H20N4OS. The van der Waals surface area contributed by atoms with Crippen LogP contribution in [0.1, 0.15) is 5.56 Å². The fourth-order valence-corrected chi connectivity index (χ4v) is 2.15. The van der Waals surface area contributed by atoms with Gasteiger partial charge in [0.05, 0.1) is 13.2 Å². The minimum absolute atomic E-state index is 0.826. The Morgan fingerprint density at radius 3 is 2.72 bits per heavy atom. The van der Waals surface area contributed by atoms with Crippen LogP contribution in [0, 0.1) is 0 Å². The van der Waals surface area contributed by atoms with Crippen LogP contribution in [-0.4, -0.2) is 60.5 Å². The highest BCUT2D eigenvalue weighted by atomic mass is 32.2. The largest absolute Gasteiger partial charge is 0.379 e. The first-order valence-electron chi connectivity index (χ1n) is 6.24. The Hall–Kier alpha value is -0.690. The molecule has 5 nitrogen and oxygen atoms in total. The van der Waals surface area contributed by atoms with Crippen molar-refractivity contribution in [2.24, 2.45) is 0 Å². The van der Waals surface area contributed by atoms with Crippen LogP contribution in [0.3, 0.4) is 0 Å². The lowest BCUT2D eigenvalue weighted by Crippen LogP contribution is -2.40. The number of hydrogen-bond acceptors (Lipinski definition) is 6. The summed E-state index contributed by atoms with van der Waals surface area (Å²) in [7, 11) is 0. The first kappa shape index (κ1) is 13.7. The first-order chi connectivity index (χ1) is 8.88. The molecule has 1 aliphatic rings. The summed E-state index contributed by atoms with van der Waals surface area (Å²) in [6.07, 6.45) is 5.76. The van der Waals surface area contributed by atoms with Crippen LogP contribution < -0.4 is 5.32 Å².